The van der Waals surface area contributed by atoms with Crippen LogP contribution in [0.2, 0.25) is 0 Å². The summed E-state index contributed by atoms with van der Waals surface area (Å²) in [6.45, 7) is 5.31. The third-order valence-electron chi connectivity index (χ3n) is 1.48. The van der Waals surface area contributed by atoms with Gasteiger partial charge in [0.1, 0.15) is 0 Å². The number of rotatable bonds is 3. The molecule has 0 fully saturated rings. The predicted molar refractivity (Wildman–Crippen MR) is 37.9 cm³/mol. The molecule has 0 aliphatic carbocycles. The van der Waals surface area contributed by atoms with Crippen LogP contribution in [0.3, 0.4) is 0 Å². The van der Waals surface area contributed by atoms with Gasteiger partial charge < -0.3 is 5.41 Å². The number of carbonyl (C=O) groups excluding carboxylic acids is 1. The van der Waals surface area contributed by atoms with Crippen molar-refractivity contribution in [1.82, 2.24) is 0 Å². The van der Waals surface area contributed by atoms with E-state index in [0.29, 0.717) is 0 Å². The summed E-state index contributed by atoms with van der Waals surface area (Å²) in [6.07, 6.45) is 0.873. The highest BCUT2D eigenvalue weighted by molar-refractivity contribution is 6.38. The first kappa shape index (κ1) is 8.34. The quantitative estimate of drug-likeness (QED) is 0.575. The molecule has 0 spiro atoms. The summed E-state index contributed by atoms with van der Waals surface area (Å²) in [6, 6.07) is 0. The van der Waals surface area contributed by atoms with Crippen LogP contribution in [-0.2, 0) is 4.79 Å². The molecule has 0 aromatic heterocycles. The van der Waals surface area contributed by atoms with E-state index in [-0.39, 0.29) is 17.4 Å². The van der Waals surface area contributed by atoms with Gasteiger partial charge in [0.25, 0.3) is 0 Å². The van der Waals surface area contributed by atoms with Crippen LogP contribution < -0.4 is 0 Å². The molecule has 9 heavy (non-hydrogen) atoms. The zero-order chi connectivity index (χ0) is 7.44. The molecule has 2 heteroatoms. The summed E-state index contributed by atoms with van der Waals surface area (Å²) in [5.41, 5.74) is 0.248. The van der Waals surface area contributed by atoms with Crippen LogP contribution in [0.1, 0.15) is 27.2 Å². The lowest BCUT2D eigenvalue weighted by atomic mass is 10.0. The second-order valence-corrected chi connectivity index (χ2v) is 2.28. The van der Waals surface area contributed by atoms with Gasteiger partial charge in [0.15, 0.2) is 5.78 Å². The zero-order valence-corrected chi connectivity index (χ0v) is 6.19. The molecule has 2 nitrogen and oxygen atoms in total. The molecule has 0 radical (unpaired) electrons. The van der Waals surface area contributed by atoms with Crippen molar-refractivity contribution in [3.8, 4) is 0 Å². The average Bonchev–Trinajstić information content (AvgIpc) is 1.84. The molecule has 0 aliphatic heterocycles. The molecule has 0 aromatic rings. The standard InChI is InChI=1S/C7H13NO/c1-4-5(2)7(8)6(3)9/h5,8H,4H2,1-3H3. The lowest BCUT2D eigenvalue weighted by molar-refractivity contribution is -0.111. The van der Waals surface area contributed by atoms with E-state index in [1.54, 1.807) is 0 Å². The van der Waals surface area contributed by atoms with Crippen molar-refractivity contribution in [1.29, 1.82) is 5.41 Å². The van der Waals surface area contributed by atoms with Crippen LogP contribution in [-0.4, -0.2) is 11.5 Å². The lowest BCUT2D eigenvalue weighted by Gasteiger charge is -2.04. The highest BCUT2D eigenvalue weighted by atomic mass is 16.1. The Kier molecular flexibility index (Phi) is 3.13. The summed E-state index contributed by atoms with van der Waals surface area (Å²) >= 11 is 0. The van der Waals surface area contributed by atoms with Crippen molar-refractivity contribution in [2.75, 3.05) is 0 Å². The summed E-state index contributed by atoms with van der Waals surface area (Å²) in [4.78, 5) is 10.5. The first-order valence-electron chi connectivity index (χ1n) is 3.19. The Labute approximate surface area is 55.8 Å². The molecular weight excluding hydrogens is 114 g/mol. The van der Waals surface area contributed by atoms with Crippen molar-refractivity contribution >= 4 is 11.5 Å². The van der Waals surface area contributed by atoms with Crippen molar-refractivity contribution in [2.24, 2.45) is 5.92 Å². The molecular formula is C7H13NO. The molecule has 0 bridgehead atoms. The fourth-order valence-electron chi connectivity index (χ4n) is 0.551. The maximum absolute atomic E-state index is 10.5. The zero-order valence-electron chi connectivity index (χ0n) is 6.19. The van der Waals surface area contributed by atoms with Gasteiger partial charge in [-0.1, -0.05) is 13.8 Å². The highest BCUT2D eigenvalue weighted by Gasteiger charge is 2.09. The van der Waals surface area contributed by atoms with E-state index in [0.717, 1.165) is 6.42 Å². The summed E-state index contributed by atoms with van der Waals surface area (Å²) < 4.78 is 0. The van der Waals surface area contributed by atoms with E-state index >= 15 is 0 Å². The Hall–Kier alpha value is -0.660. The maximum Gasteiger partial charge on any atom is 0.173 e. The Morgan fingerprint density at radius 3 is 2.22 bits per heavy atom. The largest absolute Gasteiger partial charge is 0.301 e. The van der Waals surface area contributed by atoms with Gasteiger partial charge in [-0.3, -0.25) is 4.79 Å². The lowest BCUT2D eigenvalue weighted by Crippen LogP contribution is -2.16. The van der Waals surface area contributed by atoms with Crippen LogP contribution in [0, 0.1) is 11.3 Å². The number of ketones is 1. The topological polar surface area (TPSA) is 40.9 Å². The molecule has 0 rings (SSSR count). The van der Waals surface area contributed by atoms with Crippen molar-refractivity contribution < 1.29 is 4.79 Å². The number of nitrogens with one attached hydrogen (secondary N) is 1. The van der Waals surface area contributed by atoms with Gasteiger partial charge in [0.05, 0.1) is 5.71 Å². The monoisotopic (exact) mass is 127 g/mol. The molecule has 0 aromatic carbocycles. The molecule has 1 N–H and O–H groups in total. The molecule has 52 valence electrons. The molecule has 1 atom stereocenters. The second kappa shape index (κ2) is 3.38. The van der Waals surface area contributed by atoms with Crippen molar-refractivity contribution in [3.63, 3.8) is 0 Å². The van der Waals surface area contributed by atoms with E-state index in [1.165, 1.54) is 6.92 Å². The van der Waals surface area contributed by atoms with Gasteiger partial charge in [-0.25, -0.2) is 0 Å². The molecule has 0 aliphatic rings. The third-order valence-corrected chi connectivity index (χ3v) is 1.48. The van der Waals surface area contributed by atoms with E-state index in [4.69, 9.17) is 5.41 Å². The van der Waals surface area contributed by atoms with Gasteiger partial charge in [0.2, 0.25) is 0 Å². The Balaban J connectivity index is 3.88. The van der Waals surface area contributed by atoms with E-state index in [2.05, 4.69) is 0 Å². The molecule has 0 saturated carbocycles. The number of carbonyl (C=O) groups is 1. The highest BCUT2D eigenvalue weighted by Crippen LogP contribution is 2.02. The second-order valence-electron chi connectivity index (χ2n) is 2.28. The SMILES string of the molecule is CCC(C)C(=N)C(C)=O. The van der Waals surface area contributed by atoms with Gasteiger partial charge in [-0.15, -0.1) is 0 Å². The third kappa shape index (κ3) is 2.40. The van der Waals surface area contributed by atoms with Gasteiger partial charge in [0, 0.05) is 12.8 Å². The van der Waals surface area contributed by atoms with Gasteiger partial charge in [-0.2, -0.15) is 0 Å². The Bertz CT molecular complexity index is 129. The molecule has 0 heterocycles. The first-order valence-corrected chi connectivity index (χ1v) is 3.19. The molecule has 0 amide bonds. The van der Waals surface area contributed by atoms with E-state index in [9.17, 15) is 4.79 Å². The number of hydrogen-bond donors (Lipinski definition) is 1. The van der Waals surface area contributed by atoms with Crippen molar-refractivity contribution in [3.05, 3.63) is 0 Å². The van der Waals surface area contributed by atoms with E-state index < -0.39 is 0 Å². The van der Waals surface area contributed by atoms with Gasteiger partial charge in [-0.05, 0) is 6.42 Å². The van der Waals surface area contributed by atoms with Crippen molar-refractivity contribution in [2.45, 2.75) is 27.2 Å². The first-order chi connectivity index (χ1) is 4.09. The van der Waals surface area contributed by atoms with Crippen LogP contribution in [0.5, 0.6) is 0 Å². The summed E-state index contributed by atoms with van der Waals surface area (Å²) in [7, 11) is 0. The minimum absolute atomic E-state index is 0.107. The predicted octanol–water partition coefficient (Wildman–Crippen LogP) is 1.64. The Morgan fingerprint density at radius 2 is 2.11 bits per heavy atom. The fourth-order valence-corrected chi connectivity index (χ4v) is 0.551. The fraction of sp³-hybridized carbons (Fsp3) is 0.714. The smallest absolute Gasteiger partial charge is 0.173 e. The molecule has 1 unspecified atom stereocenters. The van der Waals surface area contributed by atoms with Crippen LogP contribution >= 0.6 is 0 Å². The van der Waals surface area contributed by atoms with E-state index in [1.807, 2.05) is 13.8 Å². The minimum atomic E-state index is -0.107. The van der Waals surface area contributed by atoms with Gasteiger partial charge >= 0.3 is 0 Å². The summed E-state index contributed by atoms with van der Waals surface area (Å²) in [5, 5.41) is 7.20. The van der Waals surface area contributed by atoms with Crippen LogP contribution in [0.4, 0.5) is 0 Å². The summed E-state index contributed by atoms with van der Waals surface area (Å²) in [5.74, 6) is 0.0202. The Morgan fingerprint density at radius 1 is 1.67 bits per heavy atom. The normalized spacial score (nSPS) is 12.8. The number of hydrogen-bond acceptors (Lipinski definition) is 2. The number of Topliss-reactive ketones (excluding diaryl/α,β-unsaturated/α-hetero) is 1. The van der Waals surface area contributed by atoms with Crippen LogP contribution in [0.15, 0.2) is 0 Å². The maximum atomic E-state index is 10.5. The average molecular weight is 127 g/mol. The van der Waals surface area contributed by atoms with Crippen LogP contribution in [0.25, 0.3) is 0 Å². The minimum Gasteiger partial charge on any atom is -0.301 e. The molecule has 0 saturated heterocycles.